The summed E-state index contributed by atoms with van der Waals surface area (Å²) in [6.07, 6.45) is 1.67. The van der Waals surface area contributed by atoms with Crippen LogP contribution in [0.5, 0.6) is 0 Å². The molecule has 1 aromatic heterocycles. The number of benzene rings is 1. The lowest BCUT2D eigenvalue weighted by atomic mass is 10.1. The SMILES string of the molecule is CN1CCN(N=C(N)c2ccc(-c3ccco3)cc2)CC1. The molecule has 2 heterocycles. The summed E-state index contributed by atoms with van der Waals surface area (Å²) in [7, 11) is 2.12. The molecule has 0 spiro atoms. The van der Waals surface area contributed by atoms with Gasteiger partial charge in [-0.05, 0) is 19.2 Å². The molecular weight excluding hydrogens is 264 g/mol. The molecule has 0 atom stereocenters. The van der Waals surface area contributed by atoms with Gasteiger partial charge in [0.25, 0.3) is 0 Å². The fourth-order valence-electron chi connectivity index (χ4n) is 2.35. The second-order valence-electron chi connectivity index (χ2n) is 5.30. The van der Waals surface area contributed by atoms with Crippen LogP contribution in [-0.2, 0) is 0 Å². The first-order chi connectivity index (χ1) is 10.2. The van der Waals surface area contributed by atoms with E-state index in [9.17, 15) is 0 Å². The molecule has 2 N–H and O–H groups in total. The fourth-order valence-corrected chi connectivity index (χ4v) is 2.35. The molecule has 0 unspecified atom stereocenters. The minimum absolute atomic E-state index is 0.561. The Balaban J connectivity index is 1.71. The van der Waals surface area contributed by atoms with Crippen LogP contribution in [0.2, 0.25) is 0 Å². The summed E-state index contributed by atoms with van der Waals surface area (Å²) < 4.78 is 5.38. The maximum atomic E-state index is 6.10. The Morgan fingerprint density at radius 3 is 2.43 bits per heavy atom. The molecule has 1 aromatic carbocycles. The number of hydrogen-bond acceptors (Lipinski definition) is 4. The van der Waals surface area contributed by atoms with Crippen LogP contribution in [-0.4, -0.2) is 49.0 Å². The van der Waals surface area contributed by atoms with Gasteiger partial charge in [-0.25, -0.2) is 0 Å². The molecule has 0 bridgehead atoms. The Bertz CT molecular complexity index is 596. The Morgan fingerprint density at radius 1 is 1.10 bits per heavy atom. The summed E-state index contributed by atoms with van der Waals surface area (Å²) >= 11 is 0. The molecule has 0 aliphatic carbocycles. The zero-order valence-electron chi connectivity index (χ0n) is 12.2. The van der Waals surface area contributed by atoms with E-state index in [0.29, 0.717) is 5.84 Å². The molecule has 3 rings (SSSR count). The van der Waals surface area contributed by atoms with Crippen molar-refractivity contribution >= 4 is 5.84 Å². The highest BCUT2D eigenvalue weighted by Gasteiger charge is 2.12. The van der Waals surface area contributed by atoms with Crippen molar-refractivity contribution in [3.8, 4) is 11.3 Å². The first-order valence-corrected chi connectivity index (χ1v) is 7.14. The van der Waals surface area contributed by atoms with Gasteiger partial charge in [0.1, 0.15) is 5.76 Å². The molecule has 5 nitrogen and oxygen atoms in total. The molecule has 0 radical (unpaired) electrons. The Morgan fingerprint density at radius 2 is 1.81 bits per heavy atom. The molecule has 1 saturated heterocycles. The van der Waals surface area contributed by atoms with Crippen molar-refractivity contribution in [2.24, 2.45) is 10.8 Å². The molecule has 110 valence electrons. The number of nitrogens with two attached hydrogens (primary N) is 1. The molecule has 1 fully saturated rings. The van der Waals surface area contributed by atoms with Crippen molar-refractivity contribution in [2.45, 2.75) is 0 Å². The first-order valence-electron chi connectivity index (χ1n) is 7.14. The van der Waals surface area contributed by atoms with Gasteiger partial charge in [-0.15, -0.1) is 0 Å². The normalized spacial score (nSPS) is 17.2. The maximum absolute atomic E-state index is 6.10. The molecule has 21 heavy (non-hydrogen) atoms. The summed E-state index contributed by atoms with van der Waals surface area (Å²) in [4.78, 5) is 2.29. The number of piperazine rings is 1. The van der Waals surface area contributed by atoms with Crippen LogP contribution in [0.3, 0.4) is 0 Å². The molecule has 1 aliphatic rings. The van der Waals surface area contributed by atoms with Gasteiger partial charge in [-0.3, -0.25) is 5.01 Å². The second-order valence-corrected chi connectivity index (χ2v) is 5.30. The highest BCUT2D eigenvalue weighted by Crippen LogP contribution is 2.20. The summed E-state index contributed by atoms with van der Waals surface area (Å²) in [5, 5.41) is 6.55. The van der Waals surface area contributed by atoms with Crippen LogP contribution in [0.1, 0.15) is 5.56 Å². The average Bonchev–Trinajstić information content (AvgIpc) is 3.04. The smallest absolute Gasteiger partial charge is 0.150 e. The van der Waals surface area contributed by atoms with Gasteiger partial charge in [-0.1, -0.05) is 24.3 Å². The van der Waals surface area contributed by atoms with Gasteiger partial charge in [0.15, 0.2) is 5.84 Å². The third-order valence-electron chi connectivity index (χ3n) is 3.72. The van der Waals surface area contributed by atoms with Crippen LogP contribution in [0.25, 0.3) is 11.3 Å². The fraction of sp³-hybridized carbons (Fsp3) is 0.312. The van der Waals surface area contributed by atoms with E-state index in [1.165, 1.54) is 0 Å². The minimum Gasteiger partial charge on any atom is -0.464 e. The third kappa shape index (κ3) is 3.25. The van der Waals surface area contributed by atoms with E-state index in [1.807, 2.05) is 41.4 Å². The first kappa shape index (κ1) is 13.7. The van der Waals surface area contributed by atoms with E-state index in [4.69, 9.17) is 10.2 Å². The number of hydrogen-bond donors (Lipinski definition) is 1. The lowest BCUT2D eigenvalue weighted by molar-refractivity contribution is 0.159. The van der Waals surface area contributed by atoms with Gasteiger partial charge in [0.2, 0.25) is 0 Å². The lowest BCUT2D eigenvalue weighted by Gasteiger charge is -2.30. The van der Waals surface area contributed by atoms with E-state index >= 15 is 0 Å². The van der Waals surface area contributed by atoms with Gasteiger partial charge in [-0.2, -0.15) is 5.10 Å². The molecular formula is C16H20N4O. The van der Waals surface area contributed by atoms with Crippen LogP contribution < -0.4 is 5.73 Å². The molecule has 0 saturated carbocycles. The predicted molar refractivity (Wildman–Crippen MR) is 83.9 cm³/mol. The number of hydrazone groups is 1. The average molecular weight is 284 g/mol. The highest BCUT2D eigenvalue weighted by molar-refractivity contribution is 5.97. The topological polar surface area (TPSA) is 58.0 Å². The zero-order valence-corrected chi connectivity index (χ0v) is 12.2. The quantitative estimate of drug-likeness (QED) is 0.690. The lowest BCUT2D eigenvalue weighted by Crippen LogP contribution is -2.42. The van der Waals surface area contributed by atoms with E-state index in [-0.39, 0.29) is 0 Å². The standard InChI is InChI=1S/C16H20N4O/c1-19-8-10-20(11-9-19)18-16(17)14-6-4-13(5-7-14)15-3-2-12-21-15/h2-7,12H,8-11H2,1H3,(H2,17,18). The number of rotatable bonds is 3. The van der Waals surface area contributed by atoms with Crippen molar-refractivity contribution in [1.82, 2.24) is 9.91 Å². The van der Waals surface area contributed by atoms with E-state index in [1.54, 1.807) is 6.26 Å². The number of nitrogens with zero attached hydrogens (tertiary/aromatic N) is 3. The summed E-state index contributed by atoms with van der Waals surface area (Å²) in [6, 6.07) is 11.8. The van der Waals surface area contributed by atoms with Crippen LogP contribution in [0, 0.1) is 0 Å². The largest absolute Gasteiger partial charge is 0.464 e. The predicted octanol–water partition coefficient (Wildman–Crippen LogP) is 1.81. The highest BCUT2D eigenvalue weighted by atomic mass is 16.3. The van der Waals surface area contributed by atoms with Crippen LogP contribution in [0.4, 0.5) is 0 Å². The van der Waals surface area contributed by atoms with Crippen molar-refractivity contribution in [2.75, 3.05) is 33.2 Å². The van der Waals surface area contributed by atoms with Crippen molar-refractivity contribution in [3.63, 3.8) is 0 Å². The number of furan rings is 1. The monoisotopic (exact) mass is 284 g/mol. The van der Waals surface area contributed by atoms with Crippen LogP contribution >= 0.6 is 0 Å². The van der Waals surface area contributed by atoms with Crippen molar-refractivity contribution in [1.29, 1.82) is 0 Å². The van der Waals surface area contributed by atoms with Gasteiger partial charge < -0.3 is 15.1 Å². The minimum atomic E-state index is 0.561. The molecule has 5 heteroatoms. The number of likely N-dealkylation sites (N-methyl/N-ethyl adjacent to an activating group) is 1. The summed E-state index contributed by atoms with van der Waals surface area (Å²) in [5.74, 6) is 1.42. The number of amidine groups is 1. The summed E-state index contributed by atoms with van der Waals surface area (Å²) in [6.45, 7) is 3.88. The second kappa shape index (κ2) is 6.01. The van der Waals surface area contributed by atoms with Crippen molar-refractivity contribution < 1.29 is 4.42 Å². The maximum Gasteiger partial charge on any atom is 0.150 e. The Kier molecular flexibility index (Phi) is 3.92. The molecule has 2 aromatic rings. The van der Waals surface area contributed by atoms with E-state index in [2.05, 4.69) is 17.0 Å². The van der Waals surface area contributed by atoms with E-state index < -0.39 is 0 Å². The summed E-state index contributed by atoms with van der Waals surface area (Å²) in [5.41, 5.74) is 8.07. The van der Waals surface area contributed by atoms with Crippen LogP contribution in [0.15, 0.2) is 52.2 Å². The van der Waals surface area contributed by atoms with Gasteiger partial charge >= 0.3 is 0 Å². The molecule has 1 aliphatic heterocycles. The Labute approximate surface area is 124 Å². The van der Waals surface area contributed by atoms with Gasteiger partial charge in [0.05, 0.1) is 6.26 Å². The molecule has 0 amide bonds. The van der Waals surface area contributed by atoms with Crippen molar-refractivity contribution in [3.05, 3.63) is 48.2 Å². The zero-order chi connectivity index (χ0) is 14.7. The van der Waals surface area contributed by atoms with E-state index in [0.717, 1.165) is 43.1 Å². The third-order valence-corrected chi connectivity index (χ3v) is 3.72. The van der Waals surface area contributed by atoms with Gasteiger partial charge in [0, 0.05) is 37.3 Å². The Hall–Kier alpha value is -2.27.